The lowest BCUT2D eigenvalue weighted by molar-refractivity contribution is -0.116. The summed E-state index contributed by atoms with van der Waals surface area (Å²) in [5.41, 5.74) is 4.12. The molecule has 0 aliphatic rings. The normalized spacial score (nSPS) is 11.0. The molecule has 2 aromatic carbocycles. The first-order chi connectivity index (χ1) is 14.1. The number of carbonyl (C=O) groups excluding carboxylic acids is 1. The Kier molecular flexibility index (Phi) is 6.10. The van der Waals surface area contributed by atoms with Gasteiger partial charge in [0.15, 0.2) is 0 Å². The third kappa shape index (κ3) is 4.36. The topological polar surface area (TPSA) is 79.9 Å². The van der Waals surface area contributed by atoms with Crippen LogP contribution in [-0.4, -0.2) is 29.3 Å². The lowest BCUT2D eigenvalue weighted by Crippen LogP contribution is -2.19. The number of nitriles is 1. The highest BCUT2D eigenvalue weighted by atomic mass is 16.5. The fourth-order valence-electron chi connectivity index (χ4n) is 2.98. The van der Waals surface area contributed by atoms with E-state index in [1.807, 2.05) is 74.6 Å². The van der Waals surface area contributed by atoms with Gasteiger partial charge < -0.3 is 10.1 Å². The molecule has 0 spiro atoms. The number of benzene rings is 2. The van der Waals surface area contributed by atoms with Gasteiger partial charge in [-0.3, -0.25) is 4.79 Å². The maximum absolute atomic E-state index is 12.0. The molecule has 6 nitrogen and oxygen atoms in total. The van der Waals surface area contributed by atoms with Gasteiger partial charge in [-0.25, -0.2) is 4.68 Å². The van der Waals surface area contributed by atoms with Crippen LogP contribution in [0.2, 0.25) is 0 Å². The predicted octanol–water partition coefficient (Wildman–Crippen LogP) is 3.90. The Labute approximate surface area is 170 Å². The number of nitrogens with zero attached hydrogens (tertiary/aromatic N) is 3. The molecule has 0 unspecified atom stereocenters. The van der Waals surface area contributed by atoms with Crippen molar-refractivity contribution < 1.29 is 9.53 Å². The quantitative estimate of drug-likeness (QED) is 0.515. The first kappa shape index (κ1) is 19.9. The van der Waals surface area contributed by atoms with Gasteiger partial charge in [-0.2, -0.15) is 10.4 Å². The average molecular weight is 386 g/mol. The van der Waals surface area contributed by atoms with E-state index < -0.39 is 5.91 Å². The van der Waals surface area contributed by atoms with Crippen LogP contribution in [0.1, 0.15) is 18.1 Å². The molecular weight excluding hydrogens is 364 g/mol. The number of hydrogen-bond acceptors (Lipinski definition) is 4. The number of ether oxygens (including phenoxy) is 1. The highest BCUT2D eigenvalue weighted by Crippen LogP contribution is 2.29. The molecule has 0 bridgehead atoms. The number of aryl methyl sites for hydroxylation is 1. The number of rotatable bonds is 6. The predicted molar refractivity (Wildman–Crippen MR) is 113 cm³/mol. The van der Waals surface area contributed by atoms with E-state index in [1.165, 1.54) is 7.05 Å². The number of amides is 1. The van der Waals surface area contributed by atoms with Crippen LogP contribution in [0.4, 0.5) is 0 Å². The SMILES string of the molecule is CCOc1ccc(-c2nn(-c3ccccc3)cc2/C=C(/C#N)C(=O)NC)cc1C. The number of para-hydroxylation sites is 1. The van der Waals surface area contributed by atoms with Crippen molar-refractivity contribution in [3.8, 4) is 28.8 Å². The Morgan fingerprint density at radius 1 is 1.28 bits per heavy atom. The molecule has 0 fully saturated rings. The largest absolute Gasteiger partial charge is 0.494 e. The van der Waals surface area contributed by atoms with Gasteiger partial charge in [0.05, 0.1) is 12.3 Å². The molecule has 0 saturated carbocycles. The van der Waals surface area contributed by atoms with Crippen molar-refractivity contribution >= 4 is 12.0 Å². The monoisotopic (exact) mass is 386 g/mol. The maximum Gasteiger partial charge on any atom is 0.261 e. The zero-order chi connectivity index (χ0) is 20.8. The fraction of sp³-hybridized carbons (Fsp3) is 0.174. The van der Waals surface area contributed by atoms with Gasteiger partial charge in [0, 0.05) is 24.4 Å². The molecule has 1 N–H and O–H groups in total. The summed E-state index contributed by atoms with van der Waals surface area (Å²) < 4.78 is 7.37. The van der Waals surface area contributed by atoms with Crippen LogP contribution in [0, 0.1) is 18.3 Å². The molecule has 3 rings (SSSR count). The first-order valence-corrected chi connectivity index (χ1v) is 9.30. The Morgan fingerprint density at radius 3 is 2.66 bits per heavy atom. The lowest BCUT2D eigenvalue weighted by Gasteiger charge is -2.08. The summed E-state index contributed by atoms with van der Waals surface area (Å²) in [7, 11) is 1.50. The highest BCUT2D eigenvalue weighted by Gasteiger charge is 2.15. The van der Waals surface area contributed by atoms with Crippen LogP contribution in [0.3, 0.4) is 0 Å². The Bertz CT molecular complexity index is 1090. The molecule has 0 atom stereocenters. The van der Waals surface area contributed by atoms with E-state index in [2.05, 4.69) is 5.32 Å². The van der Waals surface area contributed by atoms with Crippen molar-refractivity contribution in [2.75, 3.05) is 13.7 Å². The van der Waals surface area contributed by atoms with Crippen molar-refractivity contribution in [1.29, 1.82) is 5.26 Å². The van der Waals surface area contributed by atoms with E-state index in [9.17, 15) is 10.1 Å². The number of aromatic nitrogens is 2. The van der Waals surface area contributed by atoms with Gasteiger partial charge in [0.25, 0.3) is 5.91 Å². The Balaban J connectivity index is 2.15. The van der Waals surface area contributed by atoms with Gasteiger partial charge in [0.1, 0.15) is 23.1 Å². The van der Waals surface area contributed by atoms with E-state index in [4.69, 9.17) is 9.84 Å². The first-order valence-electron chi connectivity index (χ1n) is 9.30. The summed E-state index contributed by atoms with van der Waals surface area (Å²) in [6.07, 6.45) is 3.38. The lowest BCUT2D eigenvalue weighted by atomic mass is 10.0. The maximum atomic E-state index is 12.0. The van der Waals surface area contributed by atoms with Crippen LogP contribution < -0.4 is 10.1 Å². The Hall–Kier alpha value is -3.85. The van der Waals surface area contributed by atoms with Gasteiger partial charge in [-0.1, -0.05) is 18.2 Å². The van der Waals surface area contributed by atoms with Crippen LogP contribution in [0.5, 0.6) is 5.75 Å². The Morgan fingerprint density at radius 2 is 2.03 bits per heavy atom. The summed E-state index contributed by atoms with van der Waals surface area (Å²) in [5, 5.41) is 16.6. The van der Waals surface area contributed by atoms with Crippen LogP contribution >= 0.6 is 0 Å². The molecule has 29 heavy (non-hydrogen) atoms. The van der Waals surface area contributed by atoms with Gasteiger partial charge in [-0.15, -0.1) is 0 Å². The molecule has 3 aromatic rings. The van der Waals surface area contributed by atoms with Crippen LogP contribution in [0.25, 0.3) is 23.0 Å². The summed E-state index contributed by atoms with van der Waals surface area (Å²) in [4.78, 5) is 12.0. The molecule has 1 aromatic heterocycles. The van der Waals surface area contributed by atoms with Crippen molar-refractivity contribution in [3.63, 3.8) is 0 Å². The minimum Gasteiger partial charge on any atom is -0.494 e. The van der Waals surface area contributed by atoms with E-state index in [0.717, 1.165) is 22.6 Å². The second-order valence-corrected chi connectivity index (χ2v) is 6.38. The third-order valence-electron chi connectivity index (χ3n) is 4.40. The fourth-order valence-corrected chi connectivity index (χ4v) is 2.98. The standard InChI is InChI=1S/C23H22N4O2/c1-4-29-21-11-10-17(12-16(21)2)22-19(13-18(14-24)23(28)25-3)15-27(26-22)20-8-6-5-7-9-20/h5-13,15H,4H2,1-3H3,(H,25,28)/b18-13-. The molecule has 0 radical (unpaired) electrons. The highest BCUT2D eigenvalue weighted by molar-refractivity contribution is 6.02. The van der Waals surface area contributed by atoms with Crippen molar-refractivity contribution in [2.45, 2.75) is 13.8 Å². The molecular formula is C23H22N4O2. The zero-order valence-electron chi connectivity index (χ0n) is 16.6. The van der Waals surface area contributed by atoms with Crippen LogP contribution in [-0.2, 0) is 4.79 Å². The molecule has 1 amide bonds. The van der Waals surface area contributed by atoms with E-state index in [1.54, 1.807) is 10.8 Å². The molecule has 0 aliphatic heterocycles. The number of hydrogen-bond donors (Lipinski definition) is 1. The van der Waals surface area contributed by atoms with Gasteiger partial charge in [-0.05, 0) is 55.8 Å². The zero-order valence-corrected chi connectivity index (χ0v) is 16.6. The summed E-state index contributed by atoms with van der Waals surface area (Å²) in [6.45, 7) is 4.51. The summed E-state index contributed by atoms with van der Waals surface area (Å²) in [6, 6.07) is 17.5. The number of likely N-dealkylation sites (N-methyl/N-ethyl adjacent to an activating group) is 1. The van der Waals surface area contributed by atoms with Gasteiger partial charge >= 0.3 is 0 Å². The third-order valence-corrected chi connectivity index (χ3v) is 4.40. The van der Waals surface area contributed by atoms with Crippen molar-refractivity contribution in [2.24, 2.45) is 0 Å². The van der Waals surface area contributed by atoms with E-state index in [-0.39, 0.29) is 5.57 Å². The minimum absolute atomic E-state index is 0.0176. The van der Waals surface area contributed by atoms with Gasteiger partial charge in [0.2, 0.25) is 0 Å². The molecule has 146 valence electrons. The van der Waals surface area contributed by atoms with Crippen LogP contribution in [0.15, 0.2) is 60.3 Å². The molecule has 6 heteroatoms. The minimum atomic E-state index is -0.436. The number of carbonyl (C=O) groups is 1. The second-order valence-electron chi connectivity index (χ2n) is 6.38. The summed E-state index contributed by atoms with van der Waals surface area (Å²) >= 11 is 0. The van der Waals surface area contributed by atoms with E-state index >= 15 is 0 Å². The van der Waals surface area contributed by atoms with Crippen molar-refractivity contribution in [1.82, 2.24) is 15.1 Å². The number of nitrogens with one attached hydrogen (secondary N) is 1. The molecule has 0 aliphatic carbocycles. The van der Waals surface area contributed by atoms with Crippen molar-refractivity contribution in [3.05, 3.63) is 71.4 Å². The molecule has 0 saturated heterocycles. The summed E-state index contributed by atoms with van der Waals surface area (Å²) in [5.74, 6) is 0.382. The van der Waals surface area contributed by atoms with E-state index in [0.29, 0.717) is 17.9 Å². The molecule has 1 heterocycles. The smallest absolute Gasteiger partial charge is 0.261 e. The average Bonchev–Trinajstić information content (AvgIpc) is 3.17. The second kappa shape index (κ2) is 8.89.